The Morgan fingerprint density at radius 1 is 1.11 bits per heavy atom. The van der Waals surface area contributed by atoms with E-state index in [-0.39, 0.29) is 0 Å². The zero-order valence-corrected chi connectivity index (χ0v) is 11.6. The van der Waals surface area contributed by atoms with Crippen molar-refractivity contribution >= 4 is 50.2 Å². The molecule has 0 fully saturated rings. The monoisotopic (exact) mass is 321 g/mol. The number of hydrogen-bond donors (Lipinski definition) is 2. The highest BCUT2D eigenvalue weighted by Gasteiger charge is 2.03. The molecule has 0 spiro atoms. The second-order valence-corrected chi connectivity index (χ2v) is 5.23. The Bertz CT molecular complexity index is 691. The standard InChI is InChI=1S/C13H9BrClN3/c14-8-1-6-11-12(7-8)18-13(17-11)16-10-4-2-9(15)3-5-10/h1-7H,(H2,16,17,18). The molecule has 5 heteroatoms. The van der Waals surface area contributed by atoms with E-state index in [4.69, 9.17) is 11.6 Å². The third kappa shape index (κ3) is 2.35. The van der Waals surface area contributed by atoms with Crippen LogP contribution in [0.4, 0.5) is 11.6 Å². The number of benzene rings is 2. The number of aromatic amines is 1. The van der Waals surface area contributed by atoms with Gasteiger partial charge in [-0.15, -0.1) is 0 Å². The van der Waals surface area contributed by atoms with E-state index in [2.05, 4.69) is 31.2 Å². The number of H-pyrrole nitrogens is 1. The molecule has 3 nitrogen and oxygen atoms in total. The number of imidazole rings is 1. The molecule has 0 bridgehead atoms. The summed E-state index contributed by atoms with van der Waals surface area (Å²) in [7, 11) is 0. The van der Waals surface area contributed by atoms with E-state index >= 15 is 0 Å². The molecule has 0 amide bonds. The summed E-state index contributed by atoms with van der Waals surface area (Å²) < 4.78 is 1.02. The number of fused-ring (bicyclic) bond motifs is 1. The van der Waals surface area contributed by atoms with Crippen molar-refractivity contribution in [1.82, 2.24) is 9.97 Å². The number of nitrogens with one attached hydrogen (secondary N) is 2. The smallest absolute Gasteiger partial charge is 0.205 e. The van der Waals surface area contributed by atoms with E-state index in [9.17, 15) is 0 Å². The summed E-state index contributed by atoms with van der Waals surface area (Å²) in [4.78, 5) is 7.67. The van der Waals surface area contributed by atoms with Crippen LogP contribution in [0, 0.1) is 0 Å². The van der Waals surface area contributed by atoms with Crippen LogP contribution >= 0.6 is 27.5 Å². The summed E-state index contributed by atoms with van der Waals surface area (Å²) in [6, 6.07) is 13.4. The fraction of sp³-hybridized carbons (Fsp3) is 0. The van der Waals surface area contributed by atoms with Crippen molar-refractivity contribution in [2.75, 3.05) is 5.32 Å². The minimum absolute atomic E-state index is 0.713. The van der Waals surface area contributed by atoms with Gasteiger partial charge in [-0.05, 0) is 42.5 Å². The first-order valence-corrected chi connectivity index (χ1v) is 6.56. The summed E-state index contributed by atoms with van der Waals surface area (Å²) >= 11 is 9.27. The van der Waals surface area contributed by atoms with E-state index in [1.807, 2.05) is 42.5 Å². The summed E-state index contributed by atoms with van der Waals surface area (Å²) in [6.45, 7) is 0. The Morgan fingerprint density at radius 3 is 2.67 bits per heavy atom. The summed E-state index contributed by atoms with van der Waals surface area (Å²) in [6.07, 6.45) is 0. The van der Waals surface area contributed by atoms with Gasteiger partial charge >= 0.3 is 0 Å². The molecular formula is C13H9BrClN3. The van der Waals surface area contributed by atoms with Crippen molar-refractivity contribution in [3.8, 4) is 0 Å². The van der Waals surface area contributed by atoms with Gasteiger partial charge in [0, 0.05) is 15.2 Å². The first-order valence-electron chi connectivity index (χ1n) is 5.38. The molecule has 1 aromatic heterocycles. The van der Waals surface area contributed by atoms with Crippen molar-refractivity contribution in [2.24, 2.45) is 0 Å². The van der Waals surface area contributed by atoms with E-state index in [1.54, 1.807) is 0 Å². The zero-order valence-electron chi connectivity index (χ0n) is 9.24. The highest BCUT2D eigenvalue weighted by Crippen LogP contribution is 2.22. The van der Waals surface area contributed by atoms with Crippen LogP contribution in [0.25, 0.3) is 11.0 Å². The molecule has 0 aliphatic carbocycles. The largest absolute Gasteiger partial charge is 0.326 e. The van der Waals surface area contributed by atoms with Crippen LogP contribution < -0.4 is 5.32 Å². The highest BCUT2D eigenvalue weighted by atomic mass is 79.9. The van der Waals surface area contributed by atoms with Crippen molar-refractivity contribution in [1.29, 1.82) is 0 Å². The third-order valence-corrected chi connectivity index (χ3v) is 3.30. The van der Waals surface area contributed by atoms with Crippen LogP contribution in [-0.4, -0.2) is 9.97 Å². The Kier molecular flexibility index (Phi) is 2.97. The molecule has 1 heterocycles. The minimum Gasteiger partial charge on any atom is -0.326 e. The number of aromatic nitrogens is 2. The van der Waals surface area contributed by atoms with Crippen LogP contribution in [0.3, 0.4) is 0 Å². The predicted molar refractivity (Wildman–Crippen MR) is 78.5 cm³/mol. The topological polar surface area (TPSA) is 40.7 Å². The average Bonchev–Trinajstić information content (AvgIpc) is 2.73. The molecule has 0 aliphatic rings. The Labute approximate surface area is 117 Å². The summed E-state index contributed by atoms with van der Waals surface area (Å²) in [5.41, 5.74) is 2.85. The normalized spacial score (nSPS) is 10.8. The Morgan fingerprint density at radius 2 is 1.89 bits per heavy atom. The molecule has 0 atom stereocenters. The van der Waals surface area contributed by atoms with E-state index in [0.717, 1.165) is 21.2 Å². The maximum absolute atomic E-state index is 5.84. The first-order chi connectivity index (χ1) is 8.70. The van der Waals surface area contributed by atoms with Gasteiger partial charge in [-0.25, -0.2) is 4.98 Å². The Hall–Kier alpha value is -1.52. The van der Waals surface area contributed by atoms with Gasteiger partial charge in [0.05, 0.1) is 11.0 Å². The van der Waals surface area contributed by atoms with Crippen molar-refractivity contribution in [3.63, 3.8) is 0 Å². The number of nitrogens with zero attached hydrogens (tertiary/aromatic N) is 1. The second-order valence-electron chi connectivity index (χ2n) is 3.88. The fourth-order valence-corrected chi connectivity index (χ4v) is 2.20. The molecule has 0 saturated carbocycles. The second kappa shape index (κ2) is 4.63. The maximum Gasteiger partial charge on any atom is 0.205 e. The van der Waals surface area contributed by atoms with Gasteiger partial charge in [0.15, 0.2) is 0 Å². The Balaban J connectivity index is 1.92. The molecule has 0 aliphatic heterocycles. The predicted octanol–water partition coefficient (Wildman–Crippen LogP) is 4.72. The lowest BCUT2D eigenvalue weighted by molar-refractivity contribution is 1.31. The van der Waals surface area contributed by atoms with Crippen molar-refractivity contribution < 1.29 is 0 Å². The van der Waals surface area contributed by atoms with Crippen LogP contribution in [-0.2, 0) is 0 Å². The molecule has 2 aromatic carbocycles. The fourth-order valence-electron chi connectivity index (χ4n) is 1.71. The summed E-state index contributed by atoms with van der Waals surface area (Å²) in [5, 5.41) is 3.92. The average molecular weight is 323 g/mol. The molecule has 0 radical (unpaired) electrons. The van der Waals surface area contributed by atoms with Gasteiger partial charge in [-0.3, -0.25) is 0 Å². The maximum atomic E-state index is 5.84. The molecule has 90 valence electrons. The number of rotatable bonds is 2. The first kappa shape index (κ1) is 11.6. The summed E-state index contributed by atoms with van der Waals surface area (Å²) in [5.74, 6) is 0.713. The molecule has 2 N–H and O–H groups in total. The van der Waals surface area contributed by atoms with Crippen LogP contribution in [0.15, 0.2) is 46.9 Å². The van der Waals surface area contributed by atoms with Crippen molar-refractivity contribution in [3.05, 3.63) is 52.0 Å². The quantitative estimate of drug-likeness (QED) is 0.716. The van der Waals surface area contributed by atoms with Crippen LogP contribution in [0.2, 0.25) is 5.02 Å². The van der Waals surface area contributed by atoms with Crippen LogP contribution in [0.1, 0.15) is 0 Å². The lowest BCUT2D eigenvalue weighted by Crippen LogP contribution is -1.91. The number of halogens is 2. The van der Waals surface area contributed by atoms with Crippen LogP contribution in [0.5, 0.6) is 0 Å². The lowest BCUT2D eigenvalue weighted by Gasteiger charge is -2.01. The van der Waals surface area contributed by atoms with Gasteiger partial charge in [-0.1, -0.05) is 27.5 Å². The molecule has 3 aromatic rings. The molecule has 0 unspecified atom stereocenters. The van der Waals surface area contributed by atoms with Gasteiger partial charge in [0.2, 0.25) is 5.95 Å². The molecule has 0 saturated heterocycles. The zero-order chi connectivity index (χ0) is 12.5. The van der Waals surface area contributed by atoms with Gasteiger partial charge in [0.1, 0.15) is 0 Å². The van der Waals surface area contributed by atoms with Gasteiger partial charge in [0.25, 0.3) is 0 Å². The molecular weight excluding hydrogens is 314 g/mol. The van der Waals surface area contributed by atoms with E-state index in [0.29, 0.717) is 11.0 Å². The lowest BCUT2D eigenvalue weighted by atomic mass is 10.3. The minimum atomic E-state index is 0.713. The van der Waals surface area contributed by atoms with Gasteiger partial charge in [-0.2, -0.15) is 0 Å². The SMILES string of the molecule is Clc1ccc(Nc2nc3ccc(Br)cc3[nH]2)cc1. The molecule has 3 rings (SSSR count). The number of anilines is 2. The number of hydrogen-bond acceptors (Lipinski definition) is 2. The molecule has 18 heavy (non-hydrogen) atoms. The van der Waals surface area contributed by atoms with Gasteiger partial charge < -0.3 is 10.3 Å². The van der Waals surface area contributed by atoms with Crippen molar-refractivity contribution in [2.45, 2.75) is 0 Å². The van der Waals surface area contributed by atoms with E-state index < -0.39 is 0 Å². The highest BCUT2D eigenvalue weighted by molar-refractivity contribution is 9.10. The third-order valence-electron chi connectivity index (χ3n) is 2.55. The van der Waals surface area contributed by atoms with E-state index in [1.165, 1.54) is 0 Å².